The molecule has 84 valence electrons. The molecule has 0 radical (unpaired) electrons. The average molecular weight is 301 g/mol. The molecule has 1 N–H and O–H groups in total. The summed E-state index contributed by atoms with van der Waals surface area (Å²) in [7, 11) is 0. The van der Waals surface area contributed by atoms with Gasteiger partial charge in [-0.1, -0.05) is 0 Å². The van der Waals surface area contributed by atoms with Crippen LogP contribution in [0.15, 0.2) is 28.3 Å². The van der Waals surface area contributed by atoms with Crippen LogP contribution in [0.5, 0.6) is 0 Å². The van der Waals surface area contributed by atoms with Crippen LogP contribution >= 0.6 is 27.3 Å². The molecule has 16 heavy (non-hydrogen) atoms. The number of halogens is 2. The number of benzene rings is 1. The van der Waals surface area contributed by atoms with Crippen molar-refractivity contribution in [3.05, 3.63) is 44.6 Å². The number of nitrogens with one attached hydrogen (secondary N) is 1. The molecule has 1 heterocycles. The van der Waals surface area contributed by atoms with Gasteiger partial charge in [-0.2, -0.15) is 0 Å². The van der Waals surface area contributed by atoms with E-state index in [0.717, 1.165) is 16.1 Å². The zero-order valence-corrected chi connectivity index (χ0v) is 11.0. The molecule has 0 fully saturated rings. The molecule has 2 aromatic rings. The lowest BCUT2D eigenvalue weighted by Gasteiger charge is -2.09. The van der Waals surface area contributed by atoms with Crippen molar-refractivity contribution in [1.82, 2.24) is 4.98 Å². The first kappa shape index (κ1) is 11.5. The van der Waals surface area contributed by atoms with Crippen LogP contribution < -0.4 is 5.32 Å². The van der Waals surface area contributed by atoms with Crippen LogP contribution in [-0.2, 0) is 6.54 Å². The Balaban J connectivity index is 2.12. The van der Waals surface area contributed by atoms with Crippen molar-refractivity contribution in [1.29, 1.82) is 0 Å². The fourth-order valence-corrected chi connectivity index (χ4v) is 2.23. The molecule has 0 aliphatic heterocycles. The van der Waals surface area contributed by atoms with E-state index in [1.165, 1.54) is 6.07 Å². The average Bonchev–Trinajstić information content (AvgIpc) is 2.74. The highest BCUT2D eigenvalue weighted by Crippen LogP contribution is 2.24. The van der Waals surface area contributed by atoms with Gasteiger partial charge in [0, 0.05) is 16.8 Å². The molecule has 0 spiro atoms. The van der Waals surface area contributed by atoms with Gasteiger partial charge in [0.05, 0.1) is 16.5 Å². The third-order valence-electron chi connectivity index (χ3n) is 2.20. The van der Waals surface area contributed by atoms with E-state index < -0.39 is 0 Å². The number of thiazole rings is 1. The lowest BCUT2D eigenvalue weighted by atomic mass is 10.2. The van der Waals surface area contributed by atoms with Gasteiger partial charge in [-0.05, 0) is 40.5 Å². The van der Waals surface area contributed by atoms with E-state index in [1.807, 2.05) is 13.1 Å². The van der Waals surface area contributed by atoms with Crippen molar-refractivity contribution in [2.75, 3.05) is 5.32 Å². The molecular formula is C11H10BrFN2S. The molecule has 0 aliphatic carbocycles. The summed E-state index contributed by atoms with van der Waals surface area (Å²) >= 11 is 4.77. The molecule has 5 heteroatoms. The summed E-state index contributed by atoms with van der Waals surface area (Å²) in [5.41, 5.74) is 3.62. The fraction of sp³-hybridized carbons (Fsp3) is 0.182. The monoisotopic (exact) mass is 300 g/mol. The molecule has 1 aromatic carbocycles. The third kappa shape index (κ3) is 2.59. The zero-order chi connectivity index (χ0) is 11.5. The van der Waals surface area contributed by atoms with Gasteiger partial charge in [0.15, 0.2) is 0 Å². The number of aromatic nitrogens is 1. The fourth-order valence-electron chi connectivity index (χ4n) is 1.35. The van der Waals surface area contributed by atoms with Crippen molar-refractivity contribution < 1.29 is 4.39 Å². The predicted octanol–water partition coefficient (Wildman–Crippen LogP) is 3.97. The number of anilines is 1. The van der Waals surface area contributed by atoms with Crippen LogP contribution in [-0.4, -0.2) is 4.98 Å². The van der Waals surface area contributed by atoms with E-state index in [0.29, 0.717) is 11.0 Å². The number of hydrogen-bond donors (Lipinski definition) is 1. The first-order chi connectivity index (χ1) is 7.66. The summed E-state index contributed by atoms with van der Waals surface area (Å²) in [5, 5.41) is 3.26. The van der Waals surface area contributed by atoms with E-state index in [9.17, 15) is 4.39 Å². The zero-order valence-electron chi connectivity index (χ0n) is 8.63. The second-order valence-corrected chi connectivity index (χ2v) is 5.23. The molecule has 2 rings (SSSR count). The van der Waals surface area contributed by atoms with Gasteiger partial charge in [-0.3, -0.25) is 4.98 Å². The summed E-state index contributed by atoms with van der Waals surface area (Å²) in [4.78, 5) is 5.15. The van der Waals surface area contributed by atoms with Crippen LogP contribution in [0.3, 0.4) is 0 Å². The Labute approximate surface area is 106 Å². The maximum absolute atomic E-state index is 13.2. The maximum atomic E-state index is 13.2. The highest BCUT2D eigenvalue weighted by atomic mass is 79.9. The smallest absolute Gasteiger partial charge is 0.137 e. The second-order valence-electron chi connectivity index (χ2n) is 3.40. The molecule has 1 aromatic heterocycles. The standard InChI is InChI=1S/C11H10BrFN2S/c1-7-2-10(13)9(12)3-11(7)15-5-8-4-14-6-16-8/h2-4,6,15H,5H2,1H3. The predicted molar refractivity (Wildman–Crippen MR) is 68.3 cm³/mol. The number of rotatable bonds is 3. The van der Waals surface area contributed by atoms with Gasteiger partial charge in [-0.15, -0.1) is 11.3 Å². The summed E-state index contributed by atoms with van der Waals surface area (Å²) in [5.74, 6) is -0.235. The Bertz CT molecular complexity index is 485. The molecule has 0 saturated heterocycles. The van der Waals surface area contributed by atoms with Gasteiger partial charge in [0.2, 0.25) is 0 Å². The minimum Gasteiger partial charge on any atom is -0.380 e. The van der Waals surface area contributed by atoms with Gasteiger partial charge < -0.3 is 5.32 Å². The molecular weight excluding hydrogens is 291 g/mol. The summed E-state index contributed by atoms with van der Waals surface area (Å²) in [6.45, 7) is 2.59. The molecule has 0 aliphatic rings. The SMILES string of the molecule is Cc1cc(F)c(Br)cc1NCc1cncs1. The Morgan fingerprint density at radius 3 is 3.00 bits per heavy atom. The van der Waals surface area contributed by atoms with Crippen LogP contribution in [0.1, 0.15) is 10.4 Å². The largest absolute Gasteiger partial charge is 0.380 e. The van der Waals surface area contributed by atoms with Crippen molar-refractivity contribution in [3.8, 4) is 0 Å². The van der Waals surface area contributed by atoms with E-state index in [1.54, 1.807) is 22.9 Å². The molecule has 2 nitrogen and oxygen atoms in total. The molecule has 0 saturated carbocycles. The highest BCUT2D eigenvalue weighted by Gasteiger charge is 2.05. The van der Waals surface area contributed by atoms with E-state index in [2.05, 4.69) is 26.2 Å². The normalized spacial score (nSPS) is 10.4. The molecule has 0 unspecified atom stereocenters. The number of hydrogen-bond acceptors (Lipinski definition) is 3. The van der Waals surface area contributed by atoms with Crippen molar-refractivity contribution >= 4 is 33.0 Å². The minimum atomic E-state index is -0.235. The molecule has 0 amide bonds. The van der Waals surface area contributed by atoms with Gasteiger partial charge in [0.1, 0.15) is 5.82 Å². The van der Waals surface area contributed by atoms with E-state index >= 15 is 0 Å². The maximum Gasteiger partial charge on any atom is 0.137 e. The number of aryl methyl sites for hydroxylation is 1. The first-order valence-corrected chi connectivity index (χ1v) is 6.41. The van der Waals surface area contributed by atoms with Crippen LogP contribution in [0.2, 0.25) is 0 Å². The van der Waals surface area contributed by atoms with E-state index in [-0.39, 0.29) is 5.82 Å². The second kappa shape index (κ2) is 4.93. The summed E-state index contributed by atoms with van der Waals surface area (Å²) in [6, 6.07) is 3.27. The lowest BCUT2D eigenvalue weighted by Crippen LogP contribution is -2.00. The van der Waals surface area contributed by atoms with Gasteiger partial charge >= 0.3 is 0 Å². The summed E-state index contributed by atoms with van der Waals surface area (Å²) in [6.07, 6.45) is 1.82. The van der Waals surface area contributed by atoms with Gasteiger partial charge in [0.25, 0.3) is 0 Å². The lowest BCUT2D eigenvalue weighted by molar-refractivity contribution is 0.620. The molecule has 0 atom stereocenters. The minimum absolute atomic E-state index is 0.235. The number of nitrogens with zero attached hydrogens (tertiary/aromatic N) is 1. The van der Waals surface area contributed by atoms with Crippen molar-refractivity contribution in [2.45, 2.75) is 13.5 Å². The highest BCUT2D eigenvalue weighted by molar-refractivity contribution is 9.10. The van der Waals surface area contributed by atoms with Crippen LogP contribution in [0.4, 0.5) is 10.1 Å². The van der Waals surface area contributed by atoms with E-state index in [4.69, 9.17) is 0 Å². The summed E-state index contributed by atoms with van der Waals surface area (Å²) < 4.78 is 13.7. The first-order valence-electron chi connectivity index (χ1n) is 4.73. The quantitative estimate of drug-likeness (QED) is 0.928. The Hall–Kier alpha value is -0.940. The Morgan fingerprint density at radius 2 is 2.31 bits per heavy atom. The topological polar surface area (TPSA) is 24.9 Å². The third-order valence-corrected chi connectivity index (χ3v) is 3.59. The Morgan fingerprint density at radius 1 is 1.50 bits per heavy atom. The Kier molecular flexibility index (Phi) is 3.56. The molecule has 0 bridgehead atoms. The van der Waals surface area contributed by atoms with Crippen molar-refractivity contribution in [2.24, 2.45) is 0 Å². The van der Waals surface area contributed by atoms with Crippen molar-refractivity contribution in [3.63, 3.8) is 0 Å². The van der Waals surface area contributed by atoms with Crippen LogP contribution in [0, 0.1) is 12.7 Å². The van der Waals surface area contributed by atoms with Crippen LogP contribution in [0.25, 0.3) is 0 Å². The van der Waals surface area contributed by atoms with Gasteiger partial charge in [-0.25, -0.2) is 4.39 Å².